The predicted molar refractivity (Wildman–Crippen MR) is 195 cm³/mol. The Labute approximate surface area is 300 Å². The molecule has 0 saturated carbocycles. The van der Waals surface area contributed by atoms with Crippen LogP contribution in [-0.2, 0) is 30.8 Å². The maximum absolute atomic E-state index is 13.9. The summed E-state index contributed by atoms with van der Waals surface area (Å²) in [5.41, 5.74) is 8.52. The van der Waals surface area contributed by atoms with Crippen LogP contribution in [0.5, 0.6) is 5.75 Å². The summed E-state index contributed by atoms with van der Waals surface area (Å²) >= 11 is 0. The van der Waals surface area contributed by atoms with Crippen molar-refractivity contribution >= 4 is 28.0 Å². The van der Waals surface area contributed by atoms with E-state index in [1.165, 1.54) is 0 Å². The van der Waals surface area contributed by atoms with Crippen molar-refractivity contribution in [1.29, 1.82) is 0 Å². The molecule has 1 aliphatic carbocycles. The van der Waals surface area contributed by atoms with Crippen molar-refractivity contribution in [1.82, 2.24) is 15.5 Å². The van der Waals surface area contributed by atoms with Gasteiger partial charge < -0.3 is 19.9 Å². The second-order valence-corrected chi connectivity index (χ2v) is 16.3. The fourth-order valence-electron chi connectivity index (χ4n) is 6.64. The second kappa shape index (κ2) is 14.5. The largest absolute Gasteiger partial charge is 0.487 e. The lowest BCUT2D eigenvalue weighted by atomic mass is 9.94. The van der Waals surface area contributed by atoms with E-state index in [2.05, 4.69) is 20.5 Å². The number of carbonyl (C=O) groups excluding carboxylic acids is 1. The Bertz CT molecular complexity index is 1920. The lowest BCUT2D eigenvalue weighted by molar-refractivity contribution is -0.139. The molecule has 0 fully saturated rings. The van der Waals surface area contributed by atoms with Crippen molar-refractivity contribution in [3.05, 3.63) is 81.9 Å². The Balaban J connectivity index is 1.24. The Morgan fingerprint density at radius 3 is 2.20 bits per heavy atom. The fraction of sp³-hybridized carbons (Fsp3) is 0.447. The molecule has 5 rings (SSSR count). The van der Waals surface area contributed by atoms with Gasteiger partial charge in [-0.15, -0.1) is 0 Å². The van der Waals surface area contributed by atoms with Crippen molar-refractivity contribution in [2.75, 3.05) is 13.2 Å². The lowest BCUT2D eigenvalue weighted by Gasteiger charge is -2.23. The van der Waals surface area contributed by atoms with E-state index in [-0.39, 0.29) is 42.8 Å². The number of aliphatic imine (C=N–C) groups is 1. The highest BCUT2D eigenvalue weighted by atomic mass is 32.2. The average molecular weight is 721 g/mol. The molecular weight excluding hydrogens is 673 g/mol. The third kappa shape index (κ3) is 8.48. The first-order valence-electron chi connectivity index (χ1n) is 17.1. The van der Waals surface area contributed by atoms with Crippen LogP contribution in [0, 0.1) is 20.8 Å². The minimum Gasteiger partial charge on any atom is -0.487 e. The minimum absolute atomic E-state index is 0.0151. The van der Waals surface area contributed by atoms with E-state index in [4.69, 9.17) is 14.3 Å². The number of guanidine groups is 1. The molecule has 0 saturated heterocycles. The summed E-state index contributed by atoms with van der Waals surface area (Å²) in [6.07, 6.45) is -0.0586. The van der Waals surface area contributed by atoms with E-state index < -0.39 is 39.3 Å². The Hall–Kier alpha value is -4.62. The molecule has 1 atom stereocenters. The number of alkyl carbamates (subject to hydrolysis) is 1. The van der Waals surface area contributed by atoms with Crippen LogP contribution in [-0.4, -0.2) is 61.9 Å². The number of nitrogens with zero attached hydrogens (tertiary/aromatic N) is 1. The van der Waals surface area contributed by atoms with Gasteiger partial charge in [0.25, 0.3) is 10.0 Å². The molecule has 0 aromatic heterocycles. The van der Waals surface area contributed by atoms with Gasteiger partial charge in [0.05, 0.1) is 10.5 Å². The molecule has 0 bridgehead atoms. The molecular formula is C38H48N4O8S. The number of benzene rings is 3. The lowest BCUT2D eigenvalue weighted by Crippen LogP contribution is -2.44. The number of amides is 1. The van der Waals surface area contributed by atoms with Crippen LogP contribution in [0.3, 0.4) is 0 Å². The third-order valence-electron chi connectivity index (χ3n) is 9.10. The van der Waals surface area contributed by atoms with E-state index >= 15 is 0 Å². The first-order chi connectivity index (χ1) is 23.9. The summed E-state index contributed by atoms with van der Waals surface area (Å²) in [5.74, 6) is -0.835. The minimum atomic E-state index is -4.15. The molecule has 1 unspecified atom stereocenters. The molecule has 3 aromatic rings. The Morgan fingerprint density at radius 1 is 1.00 bits per heavy atom. The van der Waals surface area contributed by atoms with Gasteiger partial charge in [-0.05, 0) is 107 Å². The summed E-state index contributed by atoms with van der Waals surface area (Å²) in [4.78, 5) is 35.1. The summed E-state index contributed by atoms with van der Waals surface area (Å²) in [5, 5.41) is 12.3. The molecule has 1 heterocycles. The highest BCUT2D eigenvalue weighted by Gasteiger charge is 2.37. The number of carboxylic acid groups (broad SMARTS) is 1. The van der Waals surface area contributed by atoms with E-state index in [1.54, 1.807) is 34.6 Å². The van der Waals surface area contributed by atoms with Gasteiger partial charge in [-0.25, -0.2) is 28.2 Å². The topological polar surface area (TPSA) is 165 Å². The number of sulfonamides is 1. The van der Waals surface area contributed by atoms with Crippen LogP contribution < -0.4 is 20.3 Å². The van der Waals surface area contributed by atoms with E-state index in [9.17, 15) is 23.1 Å². The molecule has 0 radical (unpaired) electrons. The van der Waals surface area contributed by atoms with Gasteiger partial charge in [-0.3, -0.25) is 9.83 Å². The molecule has 274 valence electrons. The van der Waals surface area contributed by atoms with Gasteiger partial charge in [0.15, 0.2) is 0 Å². The van der Waals surface area contributed by atoms with Gasteiger partial charge in [0, 0.05) is 24.4 Å². The molecule has 51 heavy (non-hydrogen) atoms. The number of rotatable bonds is 11. The van der Waals surface area contributed by atoms with Gasteiger partial charge >= 0.3 is 12.1 Å². The quantitative estimate of drug-likeness (QED) is 0.0799. The maximum Gasteiger partial charge on any atom is 0.407 e. The van der Waals surface area contributed by atoms with E-state index in [1.807, 2.05) is 69.3 Å². The molecule has 2 aliphatic rings. The SMILES string of the molecule is Cc1c(C)c(S(=O)(=O)NC(=NCCCC(NC(=O)OCC2c3ccccc3-c3ccccc32)C(=O)O)NOC(C)(C)C)c(C)c2c1OC(C)(C)C2. The standard InChI is InChI=1S/C38H48N4O8S/c1-22-23(2)33(24(3)29-20-38(7,8)49-32(22)29)51(46,47)42-35(41-50-37(4,5)6)39-19-13-18-31(34(43)44)40-36(45)48-21-30-27-16-11-9-14-25(27)26-15-10-12-17-28(26)30/h9-12,14-17,30-31H,13,18-21H2,1-8H3,(H,40,45)(H,43,44)(H2,39,41,42). The molecule has 4 N–H and O–H groups in total. The molecule has 0 spiro atoms. The number of aliphatic carboxylic acids is 1. The predicted octanol–water partition coefficient (Wildman–Crippen LogP) is 6.05. The van der Waals surface area contributed by atoms with Crippen LogP contribution in [0.4, 0.5) is 4.79 Å². The Kier molecular flexibility index (Phi) is 10.7. The molecule has 12 nitrogen and oxygen atoms in total. The summed E-state index contributed by atoms with van der Waals surface area (Å²) in [6.45, 7) is 14.7. The smallest absolute Gasteiger partial charge is 0.407 e. The van der Waals surface area contributed by atoms with Gasteiger partial charge in [-0.2, -0.15) is 0 Å². The zero-order chi connectivity index (χ0) is 37.3. The average Bonchev–Trinajstić information content (AvgIpc) is 3.56. The third-order valence-corrected chi connectivity index (χ3v) is 10.7. The zero-order valence-corrected chi connectivity index (χ0v) is 31.3. The monoisotopic (exact) mass is 720 g/mol. The van der Waals surface area contributed by atoms with E-state index in [0.717, 1.165) is 39.1 Å². The molecule has 1 amide bonds. The van der Waals surface area contributed by atoms with Gasteiger partial charge in [0.2, 0.25) is 5.96 Å². The first kappa shape index (κ1) is 37.6. The van der Waals surface area contributed by atoms with Crippen molar-refractivity contribution in [3.8, 4) is 16.9 Å². The zero-order valence-electron chi connectivity index (χ0n) is 30.5. The summed E-state index contributed by atoms with van der Waals surface area (Å²) < 4.78 is 42.0. The fourth-order valence-corrected chi connectivity index (χ4v) is 8.18. The molecule has 3 aromatic carbocycles. The van der Waals surface area contributed by atoms with Crippen molar-refractivity contribution < 1.29 is 37.4 Å². The van der Waals surface area contributed by atoms with Crippen LogP contribution in [0.2, 0.25) is 0 Å². The number of hydrogen-bond donors (Lipinski definition) is 4. The molecule has 1 aliphatic heterocycles. The van der Waals surface area contributed by atoms with Crippen molar-refractivity contribution in [3.63, 3.8) is 0 Å². The maximum atomic E-state index is 13.9. The van der Waals surface area contributed by atoms with Crippen LogP contribution in [0.25, 0.3) is 11.1 Å². The highest BCUT2D eigenvalue weighted by molar-refractivity contribution is 7.90. The molecule has 13 heteroatoms. The van der Waals surface area contributed by atoms with Crippen LogP contribution in [0.15, 0.2) is 58.4 Å². The van der Waals surface area contributed by atoms with Gasteiger partial charge in [-0.1, -0.05) is 48.5 Å². The van der Waals surface area contributed by atoms with Crippen molar-refractivity contribution in [2.24, 2.45) is 4.99 Å². The highest BCUT2D eigenvalue weighted by Crippen LogP contribution is 2.45. The Morgan fingerprint density at radius 2 is 1.61 bits per heavy atom. The number of ether oxygens (including phenoxy) is 2. The van der Waals surface area contributed by atoms with Gasteiger partial charge in [0.1, 0.15) is 24.0 Å². The van der Waals surface area contributed by atoms with E-state index in [0.29, 0.717) is 17.5 Å². The number of hydroxylamine groups is 1. The number of fused-ring (bicyclic) bond motifs is 4. The number of carboxylic acids is 1. The first-order valence-corrected chi connectivity index (χ1v) is 18.5. The second-order valence-electron chi connectivity index (χ2n) is 14.7. The number of carbonyl (C=O) groups is 2. The number of nitrogens with one attached hydrogen (secondary N) is 3. The number of hydrogen-bond acceptors (Lipinski definition) is 8. The van der Waals surface area contributed by atoms with Crippen LogP contribution >= 0.6 is 0 Å². The van der Waals surface area contributed by atoms with Crippen LogP contribution in [0.1, 0.15) is 86.8 Å². The normalized spacial score (nSPS) is 15.6. The summed E-state index contributed by atoms with van der Waals surface area (Å²) in [6, 6.07) is 14.6. The van der Waals surface area contributed by atoms with Crippen molar-refractivity contribution in [2.45, 2.75) is 103 Å². The summed E-state index contributed by atoms with van der Waals surface area (Å²) in [7, 11) is -4.15.